The highest BCUT2D eigenvalue weighted by Gasteiger charge is 2.40. The van der Waals surface area contributed by atoms with Crippen LogP contribution in [0.4, 0.5) is 0 Å². The second-order valence-electron chi connectivity index (χ2n) is 6.78. The van der Waals surface area contributed by atoms with Crippen LogP contribution < -0.4 is 5.32 Å². The van der Waals surface area contributed by atoms with Gasteiger partial charge < -0.3 is 5.32 Å². The minimum atomic E-state index is -3.75. The Morgan fingerprint density at radius 2 is 1.96 bits per heavy atom. The van der Waals surface area contributed by atoms with Crippen LogP contribution in [0.3, 0.4) is 0 Å². The largest absolute Gasteiger partial charge is 0.353 e. The predicted octanol–water partition coefficient (Wildman–Crippen LogP) is 2.04. The fourth-order valence-electron chi connectivity index (χ4n) is 3.40. The molecular weight excluding hydrogens is 338 g/mol. The van der Waals surface area contributed by atoms with E-state index in [0.717, 1.165) is 5.56 Å². The Morgan fingerprint density at radius 3 is 2.52 bits per heavy atom. The molecule has 1 aromatic rings. The number of rotatable bonds is 5. The quantitative estimate of drug-likeness (QED) is 0.867. The highest BCUT2D eigenvalue weighted by Crippen LogP contribution is 2.30. The minimum absolute atomic E-state index is 0.225. The summed E-state index contributed by atoms with van der Waals surface area (Å²) >= 11 is 0. The molecule has 0 radical (unpaired) electrons. The van der Waals surface area contributed by atoms with Crippen LogP contribution in [0.1, 0.15) is 36.5 Å². The molecule has 0 spiro atoms. The van der Waals surface area contributed by atoms with E-state index in [2.05, 4.69) is 11.4 Å². The van der Waals surface area contributed by atoms with Crippen molar-refractivity contribution in [1.29, 1.82) is 5.26 Å². The number of carbonyl (C=O) groups excluding carboxylic acids is 1. The molecule has 6 nitrogen and oxygen atoms in total. The first-order chi connectivity index (χ1) is 11.7. The summed E-state index contributed by atoms with van der Waals surface area (Å²) in [7, 11) is -3.75. The minimum Gasteiger partial charge on any atom is -0.353 e. The summed E-state index contributed by atoms with van der Waals surface area (Å²) < 4.78 is 27.7. The zero-order chi connectivity index (χ0) is 18.8. The zero-order valence-electron chi connectivity index (χ0n) is 15.2. The molecule has 1 N–H and O–H groups in total. The molecule has 0 aromatic heterocycles. The van der Waals surface area contributed by atoms with Gasteiger partial charge in [0.25, 0.3) is 0 Å². The van der Waals surface area contributed by atoms with Crippen LogP contribution >= 0.6 is 0 Å². The van der Waals surface area contributed by atoms with Crippen molar-refractivity contribution >= 4 is 15.9 Å². The molecule has 7 heteroatoms. The first-order valence-corrected chi connectivity index (χ1v) is 9.89. The second kappa shape index (κ2) is 7.54. The van der Waals surface area contributed by atoms with Crippen molar-refractivity contribution in [2.75, 3.05) is 13.1 Å². The third kappa shape index (κ3) is 4.02. The summed E-state index contributed by atoms with van der Waals surface area (Å²) in [5.41, 5.74) is 2.40. The summed E-state index contributed by atoms with van der Waals surface area (Å²) in [4.78, 5) is 12.7. The van der Waals surface area contributed by atoms with Crippen LogP contribution in [0.25, 0.3) is 0 Å². The van der Waals surface area contributed by atoms with Crippen LogP contribution in [0.5, 0.6) is 0 Å². The van der Waals surface area contributed by atoms with E-state index in [0.29, 0.717) is 35.4 Å². The number of nitrogens with zero attached hydrogens (tertiary/aromatic N) is 2. The van der Waals surface area contributed by atoms with E-state index < -0.39 is 16.1 Å². The average Bonchev–Trinajstić information content (AvgIpc) is 3.01. The fourth-order valence-corrected chi connectivity index (χ4v) is 5.47. The summed E-state index contributed by atoms with van der Waals surface area (Å²) in [6.07, 6.45) is 1.14. The van der Waals surface area contributed by atoms with Gasteiger partial charge in [-0.05, 0) is 51.7 Å². The van der Waals surface area contributed by atoms with Crippen molar-refractivity contribution in [3.05, 3.63) is 28.8 Å². The van der Waals surface area contributed by atoms with Crippen LogP contribution in [0.15, 0.2) is 17.0 Å². The molecule has 2 rings (SSSR count). The Balaban J connectivity index is 2.30. The van der Waals surface area contributed by atoms with E-state index in [1.54, 1.807) is 20.8 Å². The van der Waals surface area contributed by atoms with E-state index in [4.69, 9.17) is 5.26 Å². The number of hydrogen-bond donors (Lipinski definition) is 1. The number of sulfonamides is 1. The normalized spacial score (nSPS) is 19.4. The monoisotopic (exact) mass is 363 g/mol. The maximum Gasteiger partial charge on any atom is 0.244 e. The third-order valence-corrected chi connectivity index (χ3v) is 6.69. The number of nitriles is 1. The molecule has 1 saturated heterocycles. The van der Waals surface area contributed by atoms with Crippen LogP contribution in [-0.2, 0) is 14.8 Å². The van der Waals surface area contributed by atoms with E-state index in [9.17, 15) is 13.2 Å². The Bertz CT molecular complexity index is 788. The summed E-state index contributed by atoms with van der Waals surface area (Å²) in [6, 6.07) is 5.03. The van der Waals surface area contributed by atoms with Gasteiger partial charge in [-0.15, -0.1) is 0 Å². The molecule has 0 bridgehead atoms. The van der Waals surface area contributed by atoms with Gasteiger partial charge in [0, 0.05) is 13.1 Å². The first-order valence-electron chi connectivity index (χ1n) is 8.45. The van der Waals surface area contributed by atoms with Crippen molar-refractivity contribution in [3.8, 4) is 6.07 Å². The van der Waals surface area contributed by atoms with E-state index in [1.807, 2.05) is 19.1 Å². The van der Waals surface area contributed by atoms with Crippen LogP contribution in [0.2, 0.25) is 0 Å². The summed E-state index contributed by atoms with van der Waals surface area (Å²) in [5, 5.41) is 11.5. The van der Waals surface area contributed by atoms with Gasteiger partial charge in [-0.2, -0.15) is 9.57 Å². The number of hydrogen-bond acceptors (Lipinski definition) is 4. The molecular formula is C18H25N3O3S. The van der Waals surface area contributed by atoms with Crippen molar-refractivity contribution in [1.82, 2.24) is 9.62 Å². The van der Waals surface area contributed by atoms with Crippen molar-refractivity contribution in [2.45, 2.75) is 51.5 Å². The Hall–Kier alpha value is -1.91. The molecule has 0 aliphatic carbocycles. The smallest absolute Gasteiger partial charge is 0.244 e. The van der Waals surface area contributed by atoms with Gasteiger partial charge in [0.05, 0.1) is 16.9 Å². The predicted molar refractivity (Wildman–Crippen MR) is 95.4 cm³/mol. The highest BCUT2D eigenvalue weighted by molar-refractivity contribution is 7.89. The van der Waals surface area contributed by atoms with Crippen LogP contribution in [0, 0.1) is 38.0 Å². The van der Waals surface area contributed by atoms with Gasteiger partial charge in [0.2, 0.25) is 15.9 Å². The standard InChI is InChI=1S/C18H25N3O3S/c1-12-8-14(3)17(15(4)9-12)25(23,24)21-7-5-6-16(21)18(22)20-11-13(2)10-19/h8-9,13,16H,5-7,11H2,1-4H3,(H,20,22). The number of nitrogens with one attached hydrogen (secondary N) is 1. The molecule has 1 aliphatic rings. The van der Waals surface area contributed by atoms with E-state index in [1.165, 1.54) is 4.31 Å². The Morgan fingerprint density at radius 1 is 1.36 bits per heavy atom. The Labute approximate surface area is 149 Å². The number of carbonyl (C=O) groups is 1. The molecule has 1 aliphatic heterocycles. The fraction of sp³-hybridized carbons (Fsp3) is 0.556. The lowest BCUT2D eigenvalue weighted by Crippen LogP contribution is -2.46. The lowest BCUT2D eigenvalue weighted by molar-refractivity contribution is -0.124. The number of benzene rings is 1. The first kappa shape index (κ1) is 19.4. The van der Waals surface area contributed by atoms with Gasteiger partial charge in [0.1, 0.15) is 6.04 Å². The van der Waals surface area contributed by atoms with Gasteiger partial charge in [-0.25, -0.2) is 8.42 Å². The maximum atomic E-state index is 13.2. The lowest BCUT2D eigenvalue weighted by Gasteiger charge is -2.25. The molecule has 1 fully saturated rings. The van der Waals surface area contributed by atoms with Gasteiger partial charge in [-0.1, -0.05) is 17.7 Å². The molecule has 2 atom stereocenters. The maximum absolute atomic E-state index is 13.2. The average molecular weight is 363 g/mol. The lowest BCUT2D eigenvalue weighted by atomic mass is 10.1. The second-order valence-corrected chi connectivity index (χ2v) is 8.60. The number of aryl methyl sites for hydroxylation is 3. The molecule has 0 saturated carbocycles. The zero-order valence-corrected chi connectivity index (χ0v) is 16.0. The highest BCUT2D eigenvalue weighted by atomic mass is 32.2. The SMILES string of the molecule is Cc1cc(C)c(S(=O)(=O)N2CCCC2C(=O)NCC(C)C#N)c(C)c1. The topological polar surface area (TPSA) is 90.3 Å². The molecule has 1 amide bonds. The molecule has 2 unspecified atom stereocenters. The van der Waals surface area contributed by atoms with Gasteiger partial charge in [-0.3, -0.25) is 4.79 Å². The van der Waals surface area contributed by atoms with E-state index in [-0.39, 0.29) is 18.4 Å². The summed E-state index contributed by atoms with van der Waals surface area (Å²) in [6.45, 7) is 7.77. The van der Waals surface area contributed by atoms with E-state index >= 15 is 0 Å². The molecule has 1 heterocycles. The molecule has 25 heavy (non-hydrogen) atoms. The number of amides is 1. The van der Waals surface area contributed by atoms with Gasteiger partial charge in [0.15, 0.2) is 0 Å². The van der Waals surface area contributed by atoms with Gasteiger partial charge >= 0.3 is 0 Å². The molecule has 1 aromatic carbocycles. The molecule has 136 valence electrons. The van der Waals surface area contributed by atoms with Crippen LogP contribution in [-0.4, -0.2) is 37.8 Å². The van der Waals surface area contributed by atoms with Crippen molar-refractivity contribution < 1.29 is 13.2 Å². The van der Waals surface area contributed by atoms with Crippen molar-refractivity contribution in [2.24, 2.45) is 5.92 Å². The summed E-state index contributed by atoms with van der Waals surface area (Å²) in [5.74, 6) is -0.636. The third-order valence-electron chi connectivity index (χ3n) is 4.48. The van der Waals surface area contributed by atoms with Crippen molar-refractivity contribution in [3.63, 3.8) is 0 Å². The Kier molecular flexibility index (Phi) is 5.86.